The molecule has 0 aromatic heterocycles. The molecule has 1 aromatic rings. The number of rotatable bonds is 7. The molecule has 2 N–H and O–H groups in total. The number of carbonyl (C=O) groups excluding carboxylic acids is 1. The van der Waals surface area contributed by atoms with Crippen LogP contribution in [-0.4, -0.2) is 25.6 Å². The highest BCUT2D eigenvalue weighted by molar-refractivity contribution is 5.93. The molecule has 0 aliphatic rings. The van der Waals surface area contributed by atoms with Crippen molar-refractivity contribution in [3.8, 4) is 5.75 Å². The molecule has 1 unspecified atom stereocenters. The third kappa shape index (κ3) is 4.91. The van der Waals surface area contributed by atoms with Crippen LogP contribution in [0, 0.1) is 12.8 Å². The van der Waals surface area contributed by atoms with Gasteiger partial charge in [-0.25, -0.2) is 0 Å². The molecule has 0 aliphatic heterocycles. The van der Waals surface area contributed by atoms with Gasteiger partial charge in [0.25, 0.3) is 0 Å². The lowest BCUT2D eigenvalue weighted by atomic mass is 10.1. The Balaban J connectivity index is 2.72. The van der Waals surface area contributed by atoms with Crippen molar-refractivity contribution >= 4 is 11.6 Å². The van der Waals surface area contributed by atoms with E-state index in [1.807, 2.05) is 45.9 Å². The number of nitrogens with one attached hydrogen (secondary N) is 2. The number of amides is 1. The Morgan fingerprint density at radius 2 is 2.11 bits per heavy atom. The summed E-state index contributed by atoms with van der Waals surface area (Å²) in [6.45, 7) is 10.00. The fraction of sp³-hybridized carbons (Fsp3) is 0.533. The fourth-order valence-corrected chi connectivity index (χ4v) is 1.72. The molecule has 1 aromatic carbocycles. The van der Waals surface area contributed by atoms with Gasteiger partial charge in [0.15, 0.2) is 0 Å². The smallest absolute Gasteiger partial charge is 0.228 e. The first-order chi connectivity index (χ1) is 9.08. The zero-order valence-electron chi connectivity index (χ0n) is 12.2. The molecule has 0 saturated carbocycles. The molecule has 0 radical (unpaired) electrons. The first-order valence-corrected chi connectivity index (χ1v) is 6.83. The van der Waals surface area contributed by atoms with Gasteiger partial charge in [-0.05, 0) is 38.1 Å². The predicted octanol–water partition coefficient (Wildman–Crippen LogP) is 2.58. The Hall–Kier alpha value is -1.55. The van der Waals surface area contributed by atoms with Gasteiger partial charge >= 0.3 is 0 Å². The second-order valence-corrected chi connectivity index (χ2v) is 4.63. The van der Waals surface area contributed by atoms with E-state index in [4.69, 9.17) is 4.74 Å². The summed E-state index contributed by atoms with van der Waals surface area (Å²) < 4.78 is 5.55. The van der Waals surface area contributed by atoms with E-state index in [9.17, 15) is 4.79 Å². The van der Waals surface area contributed by atoms with Gasteiger partial charge < -0.3 is 15.4 Å². The molecule has 1 amide bonds. The summed E-state index contributed by atoms with van der Waals surface area (Å²) in [6.07, 6.45) is 0. The maximum Gasteiger partial charge on any atom is 0.228 e. The average molecular weight is 264 g/mol. The second kappa shape index (κ2) is 7.79. The van der Waals surface area contributed by atoms with Gasteiger partial charge in [0, 0.05) is 12.5 Å². The summed E-state index contributed by atoms with van der Waals surface area (Å²) in [6, 6.07) is 5.79. The minimum atomic E-state index is -0.0734. The van der Waals surface area contributed by atoms with Gasteiger partial charge in [-0.1, -0.05) is 19.9 Å². The molecule has 0 bridgehead atoms. The van der Waals surface area contributed by atoms with Crippen molar-refractivity contribution in [2.75, 3.05) is 25.0 Å². The normalized spacial score (nSPS) is 12.0. The van der Waals surface area contributed by atoms with E-state index in [2.05, 4.69) is 10.6 Å². The van der Waals surface area contributed by atoms with Gasteiger partial charge in [0.05, 0.1) is 12.3 Å². The molecular weight excluding hydrogens is 240 g/mol. The standard InChI is InChI=1S/C15H24N2O2/c1-5-16-10-12(4)15(18)17-13-8-7-11(3)9-14(13)19-6-2/h7-9,12,16H,5-6,10H2,1-4H3,(H,17,18). The number of carbonyl (C=O) groups is 1. The topological polar surface area (TPSA) is 50.4 Å². The minimum Gasteiger partial charge on any atom is -0.492 e. The van der Waals surface area contributed by atoms with Crippen molar-refractivity contribution in [2.45, 2.75) is 27.7 Å². The van der Waals surface area contributed by atoms with Crippen LogP contribution in [0.3, 0.4) is 0 Å². The fourth-order valence-electron chi connectivity index (χ4n) is 1.72. The summed E-state index contributed by atoms with van der Waals surface area (Å²) in [5.74, 6) is 0.660. The van der Waals surface area contributed by atoms with Crippen LogP contribution >= 0.6 is 0 Å². The van der Waals surface area contributed by atoms with Crippen LogP contribution in [0.2, 0.25) is 0 Å². The Bertz CT molecular complexity index is 419. The lowest BCUT2D eigenvalue weighted by Gasteiger charge is -2.15. The number of aryl methyl sites for hydroxylation is 1. The second-order valence-electron chi connectivity index (χ2n) is 4.63. The van der Waals surface area contributed by atoms with E-state index in [1.165, 1.54) is 0 Å². The number of hydrogen-bond acceptors (Lipinski definition) is 3. The zero-order valence-corrected chi connectivity index (χ0v) is 12.2. The SMILES string of the molecule is CCNCC(C)C(=O)Nc1ccc(C)cc1OCC. The van der Waals surface area contributed by atoms with E-state index >= 15 is 0 Å². The van der Waals surface area contributed by atoms with Crippen LogP contribution in [-0.2, 0) is 4.79 Å². The van der Waals surface area contributed by atoms with Crippen LogP contribution in [0.4, 0.5) is 5.69 Å². The molecule has 4 heteroatoms. The van der Waals surface area contributed by atoms with E-state index in [0.29, 0.717) is 13.2 Å². The first-order valence-electron chi connectivity index (χ1n) is 6.83. The molecule has 19 heavy (non-hydrogen) atoms. The van der Waals surface area contributed by atoms with Crippen LogP contribution < -0.4 is 15.4 Å². The van der Waals surface area contributed by atoms with Crippen molar-refractivity contribution in [3.63, 3.8) is 0 Å². The van der Waals surface area contributed by atoms with Crippen molar-refractivity contribution in [1.29, 1.82) is 0 Å². The molecule has 1 atom stereocenters. The maximum absolute atomic E-state index is 12.1. The van der Waals surface area contributed by atoms with Gasteiger partial charge in [0.2, 0.25) is 5.91 Å². The summed E-state index contributed by atoms with van der Waals surface area (Å²) in [5, 5.41) is 6.10. The van der Waals surface area contributed by atoms with Crippen LogP contribution in [0.5, 0.6) is 5.75 Å². The highest BCUT2D eigenvalue weighted by Crippen LogP contribution is 2.26. The molecule has 4 nitrogen and oxygen atoms in total. The van der Waals surface area contributed by atoms with Crippen molar-refractivity contribution in [1.82, 2.24) is 5.32 Å². The van der Waals surface area contributed by atoms with Gasteiger partial charge in [-0.3, -0.25) is 4.79 Å². The van der Waals surface area contributed by atoms with Crippen molar-refractivity contribution in [2.24, 2.45) is 5.92 Å². The predicted molar refractivity (Wildman–Crippen MR) is 78.7 cm³/mol. The first kappa shape index (κ1) is 15.5. The number of anilines is 1. The van der Waals surface area contributed by atoms with E-state index in [0.717, 1.165) is 23.5 Å². The third-order valence-electron chi connectivity index (χ3n) is 2.84. The molecule has 1 rings (SSSR count). The lowest BCUT2D eigenvalue weighted by Crippen LogP contribution is -2.30. The van der Waals surface area contributed by atoms with Crippen LogP contribution in [0.25, 0.3) is 0 Å². The third-order valence-corrected chi connectivity index (χ3v) is 2.84. The van der Waals surface area contributed by atoms with E-state index < -0.39 is 0 Å². The Labute approximate surface area is 115 Å². The number of hydrogen-bond donors (Lipinski definition) is 2. The maximum atomic E-state index is 12.1. The van der Waals surface area contributed by atoms with Gasteiger partial charge in [0.1, 0.15) is 5.75 Å². The Morgan fingerprint density at radius 1 is 1.37 bits per heavy atom. The highest BCUT2D eigenvalue weighted by Gasteiger charge is 2.14. The van der Waals surface area contributed by atoms with Crippen LogP contribution in [0.1, 0.15) is 26.3 Å². The van der Waals surface area contributed by atoms with E-state index in [1.54, 1.807) is 0 Å². The van der Waals surface area contributed by atoms with Crippen LogP contribution in [0.15, 0.2) is 18.2 Å². The Morgan fingerprint density at radius 3 is 2.74 bits per heavy atom. The minimum absolute atomic E-state index is 0.00533. The number of ether oxygens (including phenoxy) is 1. The molecular formula is C15H24N2O2. The molecule has 0 saturated heterocycles. The summed E-state index contributed by atoms with van der Waals surface area (Å²) in [4.78, 5) is 12.1. The van der Waals surface area contributed by atoms with Gasteiger partial charge in [-0.2, -0.15) is 0 Å². The summed E-state index contributed by atoms with van der Waals surface area (Å²) in [7, 11) is 0. The average Bonchev–Trinajstić information content (AvgIpc) is 2.39. The largest absolute Gasteiger partial charge is 0.492 e. The quantitative estimate of drug-likeness (QED) is 0.796. The molecule has 0 aliphatic carbocycles. The summed E-state index contributed by atoms with van der Waals surface area (Å²) >= 11 is 0. The molecule has 0 fully saturated rings. The van der Waals surface area contributed by atoms with E-state index in [-0.39, 0.29) is 11.8 Å². The lowest BCUT2D eigenvalue weighted by molar-refractivity contribution is -0.119. The molecule has 106 valence electrons. The summed E-state index contributed by atoms with van der Waals surface area (Å²) in [5.41, 5.74) is 1.85. The van der Waals surface area contributed by atoms with Crippen molar-refractivity contribution in [3.05, 3.63) is 23.8 Å². The Kier molecular flexibility index (Phi) is 6.36. The number of benzene rings is 1. The highest BCUT2D eigenvalue weighted by atomic mass is 16.5. The monoisotopic (exact) mass is 264 g/mol. The molecule has 0 heterocycles. The molecule has 0 spiro atoms. The van der Waals surface area contributed by atoms with Gasteiger partial charge in [-0.15, -0.1) is 0 Å². The van der Waals surface area contributed by atoms with Crippen molar-refractivity contribution < 1.29 is 9.53 Å². The zero-order chi connectivity index (χ0) is 14.3.